The highest BCUT2D eigenvalue weighted by Crippen LogP contribution is 2.57. The van der Waals surface area contributed by atoms with E-state index in [-0.39, 0.29) is 63.9 Å². The van der Waals surface area contributed by atoms with Gasteiger partial charge in [-0.05, 0) is 40.2 Å². The number of carbonyl (C=O) groups is 3. The van der Waals surface area contributed by atoms with Gasteiger partial charge in [0.05, 0.1) is 25.4 Å². The van der Waals surface area contributed by atoms with E-state index < -0.39 is 39.5 Å². The van der Waals surface area contributed by atoms with Crippen molar-refractivity contribution in [1.82, 2.24) is 5.32 Å². The number of fused-ring (bicyclic) bond motifs is 3. The predicted octanol–water partition coefficient (Wildman–Crippen LogP) is 1.82. The maximum atomic E-state index is 13.9. The Morgan fingerprint density at radius 2 is 1.75 bits per heavy atom. The number of aromatic hydroxyl groups is 2. The molecule has 2 unspecified atom stereocenters. The average molecular weight is 555 g/mol. The third kappa shape index (κ3) is 4.26. The molecule has 5 N–H and O–H groups in total. The van der Waals surface area contributed by atoms with Crippen LogP contribution in [-0.2, 0) is 21.4 Å². The molecule has 0 radical (unpaired) electrons. The van der Waals surface area contributed by atoms with Crippen LogP contribution in [0.5, 0.6) is 28.7 Å². The molecule has 0 saturated heterocycles. The summed E-state index contributed by atoms with van der Waals surface area (Å²) in [5.41, 5.74) is -1.30. The SMILES string of the molecule is COc1cc(CCNC(C)=C2C(=O)C=C3Oc4c(C(C)=O)c(O)c(C)c(O)c4C3(C)C2=O)c([NH+]([O-])O)cc1OC. The van der Waals surface area contributed by atoms with Crippen LogP contribution in [0.1, 0.15) is 47.8 Å². The van der Waals surface area contributed by atoms with Gasteiger partial charge in [0.15, 0.2) is 34.5 Å². The van der Waals surface area contributed by atoms with Gasteiger partial charge in [0.25, 0.3) is 0 Å². The Kier molecular flexibility index (Phi) is 7.37. The molecule has 1 heterocycles. The van der Waals surface area contributed by atoms with Crippen molar-refractivity contribution in [1.29, 1.82) is 0 Å². The number of phenolic OH excluding ortho intramolecular Hbond substituents is 2. The van der Waals surface area contributed by atoms with Crippen LogP contribution in [0.25, 0.3) is 0 Å². The van der Waals surface area contributed by atoms with Crippen molar-refractivity contribution in [2.45, 2.75) is 39.5 Å². The van der Waals surface area contributed by atoms with Crippen molar-refractivity contribution in [2.75, 3.05) is 20.8 Å². The number of Topliss-reactive ketones (excluding diaryl/α,β-unsaturated/α-hetero) is 2. The lowest BCUT2D eigenvalue weighted by Gasteiger charge is -2.29. The van der Waals surface area contributed by atoms with E-state index in [1.807, 2.05) is 0 Å². The Bertz CT molecular complexity index is 1520. The standard InChI is InChI=1S/C28H30N2O10/c1-12-24(33)22(14(3)31)26-23(25(12)34)28(4)20(40-26)11-17(32)21(27(28)35)13(2)29-8-7-15-9-18(38-5)19(39-6)10-16(15)30(36)37/h9-11,29-30,33-34,36H,7-8H2,1-6H3. The number of hydrogen-bond acceptors (Lipinski definition) is 11. The lowest BCUT2D eigenvalue weighted by molar-refractivity contribution is -0.991. The van der Waals surface area contributed by atoms with Gasteiger partial charge in [0, 0.05) is 35.5 Å². The van der Waals surface area contributed by atoms with Crippen molar-refractivity contribution in [3.63, 3.8) is 0 Å². The number of nitrogens with one attached hydrogen (secondary N) is 2. The van der Waals surface area contributed by atoms with Crippen LogP contribution in [-0.4, -0.2) is 53.5 Å². The number of ether oxygens (including phenoxy) is 3. The van der Waals surface area contributed by atoms with E-state index in [9.17, 15) is 35.0 Å². The predicted molar refractivity (Wildman–Crippen MR) is 140 cm³/mol. The van der Waals surface area contributed by atoms with E-state index >= 15 is 0 Å². The molecule has 0 aromatic heterocycles. The minimum Gasteiger partial charge on any atom is -0.595 e. The first-order chi connectivity index (χ1) is 18.8. The second kappa shape index (κ2) is 10.3. The molecule has 212 valence electrons. The number of allylic oxidation sites excluding steroid dienone is 4. The van der Waals surface area contributed by atoms with Gasteiger partial charge in [0.1, 0.15) is 34.0 Å². The van der Waals surface area contributed by atoms with Gasteiger partial charge in [-0.3, -0.25) is 14.4 Å². The minimum atomic E-state index is -1.63. The quantitative estimate of drug-likeness (QED) is 0.139. The fourth-order valence-corrected chi connectivity index (χ4v) is 5.16. The van der Waals surface area contributed by atoms with E-state index in [1.165, 1.54) is 41.1 Å². The summed E-state index contributed by atoms with van der Waals surface area (Å²) in [7, 11) is 2.83. The van der Waals surface area contributed by atoms with Gasteiger partial charge in [-0.2, -0.15) is 5.23 Å². The highest BCUT2D eigenvalue weighted by molar-refractivity contribution is 6.31. The summed E-state index contributed by atoms with van der Waals surface area (Å²) in [6.45, 7) is 5.81. The van der Waals surface area contributed by atoms with Gasteiger partial charge in [-0.1, -0.05) is 0 Å². The molecule has 0 saturated carbocycles. The topological polar surface area (TPSA) is 179 Å². The van der Waals surface area contributed by atoms with E-state index in [4.69, 9.17) is 14.2 Å². The average Bonchev–Trinajstić information content (AvgIpc) is 3.19. The number of benzene rings is 2. The Morgan fingerprint density at radius 3 is 2.33 bits per heavy atom. The molecule has 12 nitrogen and oxygen atoms in total. The highest BCUT2D eigenvalue weighted by atomic mass is 16.8. The summed E-state index contributed by atoms with van der Waals surface area (Å²) in [6.07, 6.45) is 1.34. The number of rotatable bonds is 8. The molecule has 2 aromatic rings. The molecular formula is C28H30N2O10. The summed E-state index contributed by atoms with van der Waals surface area (Å²) < 4.78 is 16.2. The maximum absolute atomic E-state index is 13.9. The van der Waals surface area contributed by atoms with Crippen molar-refractivity contribution < 1.29 is 49.2 Å². The molecule has 0 fully saturated rings. The van der Waals surface area contributed by atoms with E-state index in [1.54, 1.807) is 13.0 Å². The van der Waals surface area contributed by atoms with Crippen LogP contribution in [0.15, 0.2) is 35.2 Å². The van der Waals surface area contributed by atoms with E-state index in [2.05, 4.69) is 5.32 Å². The Balaban J connectivity index is 1.70. The zero-order valence-electron chi connectivity index (χ0n) is 22.8. The lowest BCUT2D eigenvalue weighted by atomic mass is 9.70. The van der Waals surface area contributed by atoms with Crippen LogP contribution >= 0.6 is 0 Å². The number of carbonyl (C=O) groups excluding carboxylic acids is 3. The van der Waals surface area contributed by atoms with Crippen molar-refractivity contribution in [2.24, 2.45) is 0 Å². The molecule has 0 bridgehead atoms. The molecule has 0 amide bonds. The fourth-order valence-electron chi connectivity index (χ4n) is 5.16. The van der Waals surface area contributed by atoms with E-state index in [0.29, 0.717) is 11.3 Å². The summed E-state index contributed by atoms with van der Waals surface area (Å²) in [4.78, 5) is 39.3. The second-order valence-corrected chi connectivity index (χ2v) is 9.73. The molecule has 2 atom stereocenters. The van der Waals surface area contributed by atoms with Crippen LogP contribution < -0.4 is 24.8 Å². The highest BCUT2D eigenvalue weighted by Gasteiger charge is 2.56. The molecule has 4 rings (SSSR count). The number of hydrogen-bond donors (Lipinski definition) is 5. The maximum Gasteiger partial charge on any atom is 0.194 e. The Labute approximate surface area is 229 Å². The molecule has 2 aliphatic rings. The molecule has 1 aliphatic heterocycles. The van der Waals surface area contributed by atoms with Gasteiger partial charge in [0.2, 0.25) is 0 Å². The van der Waals surface area contributed by atoms with E-state index in [0.717, 1.165) is 6.08 Å². The van der Waals surface area contributed by atoms with Crippen molar-refractivity contribution in [3.05, 3.63) is 62.7 Å². The summed E-state index contributed by atoms with van der Waals surface area (Å²) in [6, 6.07) is 2.92. The molecule has 12 heteroatoms. The van der Waals surface area contributed by atoms with Crippen molar-refractivity contribution in [3.8, 4) is 28.7 Å². The first-order valence-corrected chi connectivity index (χ1v) is 12.3. The molecule has 1 aliphatic carbocycles. The van der Waals surface area contributed by atoms with Gasteiger partial charge in [-0.25, -0.2) is 5.21 Å². The van der Waals surface area contributed by atoms with Crippen LogP contribution in [0.3, 0.4) is 0 Å². The van der Waals surface area contributed by atoms with Gasteiger partial charge < -0.3 is 34.9 Å². The van der Waals surface area contributed by atoms with Gasteiger partial charge >= 0.3 is 0 Å². The van der Waals surface area contributed by atoms with Crippen LogP contribution in [0, 0.1) is 12.1 Å². The first-order valence-electron chi connectivity index (χ1n) is 12.3. The minimum absolute atomic E-state index is 0.00141. The summed E-state index contributed by atoms with van der Waals surface area (Å²) in [5.74, 6) is -2.32. The normalized spacial score (nSPS) is 19.8. The largest absolute Gasteiger partial charge is 0.595 e. The number of methoxy groups -OCH3 is 2. The Morgan fingerprint density at radius 1 is 1.12 bits per heavy atom. The summed E-state index contributed by atoms with van der Waals surface area (Å²) in [5, 5.41) is 44.7. The molecule has 40 heavy (non-hydrogen) atoms. The second-order valence-electron chi connectivity index (χ2n) is 9.73. The van der Waals surface area contributed by atoms with Crippen LogP contribution in [0.2, 0.25) is 0 Å². The Hall–Kier alpha value is -4.39. The lowest BCUT2D eigenvalue weighted by Crippen LogP contribution is -2.99. The number of ketones is 3. The van der Waals surface area contributed by atoms with Crippen LogP contribution in [0.4, 0.5) is 5.69 Å². The first kappa shape index (κ1) is 28.6. The molecular weight excluding hydrogens is 524 g/mol. The fraction of sp³-hybridized carbons (Fsp3) is 0.321. The third-order valence-corrected chi connectivity index (χ3v) is 7.38. The van der Waals surface area contributed by atoms with Crippen molar-refractivity contribution >= 4 is 23.0 Å². The zero-order chi connectivity index (χ0) is 29.7. The zero-order valence-corrected chi connectivity index (χ0v) is 22.8. The molecule has 0 spiro atoms. The monoisotopic (exact) mass is 554 g/mol. The molecule has 2 aromatic carbocycles. The number of phenols is 2. The summed E-state index contributed by atoms with van der Waals surface area (Å²) >= 11 is 0. The number of quaternary nitrogens is 1. The smallest absolute Gasteiger partial charge is 0.194 e. The van der Waals surface area contributed by atoms with Gasteiger partial charge in [-0.15, -0.1) is 0 Å². The third-order valence-electron chi connectivity index (χ3n) is 7.38.